The van der Waals surface area contributed by atoms with Gasteiger partial charge in [-0.2, -0.15) is 0 Å². The zero-order valence-corrected chi connectivity index (χ0v) is 11.8. The zero-order chi connectivity index (χ0) is 12.8. The van der Waals surface area contributed by atoms with Crippen LogP contribution in [0.4, 0.5) is 5.13 Å². The van der Waals surface area contributed by atoms with E-state index in [0.29, 0.717) is 5.11 Å². The predicted octanol–water partition coefficient (Wildman–Crippen LogP) is 2.98. The first-order valence-electron chi connectivity index (χ1n) is 5.74. The fraction of sp³-hybridized carbons (Fsp3) is 0.231. The van der Waals surface area contributed by atoms with Crippen molar-refractivity contribution in [3.8, 4) is 0 Å². The van der Waals surface area contributed by atoms with Gasteiger partial charge in [-0.05, 0) is 31.1 Å². The predicted molar refractivity (Wildman–Crippen MR) is 81.2 cm³/mol. The number of nitrogens with one attached hydrogen (secondary N) is 2. The second kappa shape index (κ2) is 6.47. The van der Waals surface area contributed by atoms with Gasteiger partial charge in [0.1, 0.15) is 0 Å². The van der Waals surface area contributed by atoms with Crippen LogP contribution in [0.25, 0.3) is 0 Å². The summed E-state index contributed by atoms with van der Waals surface area (Å²) in [4.78, 5) is 4.11. The van der Waals surface area contributed by atoms with Gasteiger partial charge in [0.05, 0.1) is 0 Å². The minimum atomic E-state index is 0.623. The Morgan fingerprint density at radius 3 is 3.06 bits per heavy atom. The summed E-state index contributed by atoms with van der Waals surface area (Å²) in [7, 11) is 0. The maximum absolute atomic E-state index is 5.19. The summed E-state index contributed by atoms with van der Waals surface area (Å²) in [6.45, 7) is 2.92. The smallest absolute Gasteiger partial charge is 0.188 e. The Hall–Kier alpha value is -1.46. The van der Waals surface area contributed by atoms with Crippen LogP contribution < -0.4 is 10.6 Å². The third-order valence-electron chi connectivity index (χ3n) is 2.43. The van der Waals surface area contributed by atoms with Crippen LogP contribution in [-0.2, 0) is 6.42 Å². The molecular weight excluding hydrogens is 262 g/mol. The molecule has 2 rings (SSSR count). The molecule has 1 aromatic heterocycles. The topological polar surface area (TPSA) is 37.0 Å². The van der Waals surface area contributed by atoms with E-state index >= 15 is 0 Å². The number of aromatic nitrogens is 1. The quantitative estimate of drug-likeness (QED) is 0.843. The van der Waals surface area contributed by atoms with Crippen LogP contribution in [0.15, 0.2) is 35.8 Å². The molecule has 1 aromatic carbocycles. The molecular formula is C13H15N3S2. The summed E-state index contributed by atoms with van der Waals surface area (Å²) < 4.78 is 0. The lowest BCUT2D eigenvalue weighted by atomic mass is 10.1. The van der Waals surface area contributed by atoms with Crippen LogP contribution in [0, 0.1) is 6.92 Å². The average Bonchev–Trinajstić information content (AvgIpc) is 2.82. The van der Waals surface area contributed by atoms with Crippen LogP contribution in [-0.4, -0.2) is 16.6 Å². The highest BCUT2D eigenvalue weighted by Gasteiger charge is 1.99. The summed E-state index contributed by atoms with van der Waals surface area (Å²) in [6, 6.07) is 8.51. The lowest BCUT2D eigenvalue weighted by Crippen LogP contribution is -2.30. The number of hydrogen-bond donors (Lipinski definition) is 2. The molecule has 2 N–H and O–H groups in total. The van der Waals surface area contributed by atoms with E-state index in [4.69, 9.17) is 12.2 Å². The largest absolute Gasteiger partial charge is 0.362 e. The van der Waals surface area contributed by atoms with Crippen molar-refractivity contribution in [3.05, 3.63) is 47.0 Å². The highest BCUT2D eigenvalue weighted by Crippen LogP contribution is 2.09. The molecule has 3 nitrogen and oxygen atoms in total. The molecule has 0 aliphatic carbocycles. The van der Waals surface area contributed by atoms with Gasteiger partial charge in [-0.25, -0.2) is 4.98 Å². The standard InChI is InChI=1S/C13H15N3S2/c1-10-3-2-4-11(9-10)5-6-14-12(17)16-13-15-7-8-18-13/h2-4,7-9H,5-6H2,1H3,(H2,14,15,16,17). The highest BCUT2D eigenvalue weighted by atomic mass is 32.1. The van der Waals surface area contributed by atoms with Crippen molar-refractivity contribution in [2.24, 2.45) is 0 Å². The van der Waals surface area contributed by atoms with Gasteiger partial charge in [0, 0.05) is 18.1 Å². The van der Waals surface area contributed by atoms with Gasteiger partial charge in [0.15, 0.2) is 10.2 Å². The van der Waals surface area contributed by atoms with Crippen LogP contribution in [0.3, 0.4) is 0 Å². The lowest BCUT2D eigenvalue weighted by molar-refractivity contribution is 0.872. The number of thiocarbonyl (C=S) groups is 1. The van der Waals surface area contributed by atoms with Crippen molar-refractivity contribution < 1.29 is 0 Å². The lowest BCUT2D eigenvalue weighted by Gasteiger charge is -2.08. The molecule has 0 saturated heterocycles. The summed E-state index contributed by atoms with van der Waals surface area (Å²) in [5.41, 5.74) is 2.61. The number of hydrogen-bond acceptors (Lipinski definition) is 3. The van der Waals surface area contributed by atoms with E-state index < -0.39 is 0 Å². The molecule has 0 unspecified atom stereocenters. The zero-order valence-electron chi connectivity index (χ0n) is 10.1. The second-order valence-corrected chi connectivity index (χ2v) is 5.26. The molecule has 94 valence electrons. The third kappa shape index (κ3) is 4.09. The van der Waals surface area contributed by atoms with Crippen LogP contribution >= 0.6 is 23.6 Å². The number of thiazole rings is 1. The van der Waals surface area contributed by atoms with Gasteiger partial charge < -0.3 is 10.6 Å². The molecule has 0 atom stereocenters. The van der Waals surface area contributed by atoms with Crippen molar-refractivity contribution in [2.75, 3.05) is 11.9 Å². The summed E-state index contributed by atoms with van der Waals surface area (Å²) in [5.74, 6) is 0. The number of aryl methyl sites for hydroxylation is 1. The molecule has 1 heterocycles. The maximum Gasteiger partial charge on any atom is 0.188 e. The molecule has 0 aliphatic heterocycles. The molecule has 0 radical (unpaired) electrons. The SMILES string of the molecule is Cc1cccc(CCNC(=S)Nc2nccs2)c1. The Labute approximate surface area is 116 Å². The van der Waals surface area contributed by atoms with Gasteiger partial charge >= 0.3 is 0 Å². The molecule has 2 aromatic rings. The summed E-state index contributed by atoms with van der Waals surface area (Å²) >= 11 is 6.72. The first-order chi connectivity index (χ1) is 8.74. The molecule has 0 spiro atoms. The Morgan fingerprint density at radius 2 is 2.33 bits per heavy atom. The number of rotatable bonds is 4. The molecule has 0 amide bonds. The minimum Gasteiger partial charge on any atom is -0.362 e. The van der Waals surface area contributed by atoms with E-state index in [1.54, 1.807) is 6.20 Å². The molecule has 0 bridgehead atoms. The Kier molecular flexibility index (Phi) is 4.66. The fourth-order valence-corrected chi connectivity index (χ4v) is 2.41. The average molecular weight is 277 g/mol. The highest BCUT2D eigenvalue weighted by molar-refractivity contribution is 7.80. The van der Waals surface area contributed by atoms with E-state index in [2.05, 4.69) is 46.8 Å². The van der Waals surface area contributed by atoms with E-state index in [0.717, 1.165) is 18.1 Å². The summed E-state index contributed by atoms with van der Waals surface area (Å²) in [6.07, 6.45) is 2.71. The first-order valence-corrected chi connectivity index (χ1v) is 7.03. The molecule has 0 fully saturated rings. The number of anilines is 1. The molecule has 18 heavy (non-hydrogen) atoms. The second-order valence-electron chi connectivity index (χ2n) is 3.96. The van der Waals surface area contributed by atoms with Crippen molar-refractivity contribution in [1.82, 2.24) is 10.3 Å². The Balaban J connectivity index is 1.73. The fourth-order valence-electron chi connectivity index (χ4n) is 1.61. The molecule has 0 saturated carbocycles. The van der Waals surface area contributed by atoms with Crippen molar-refractivity contribution in [3.63, 3.8) is 0 Å². The monoisotopic (exact) mass is 277 g/mol. The summed E-state index contributed by atoms with van der Waals surface area (Å²) in [5, 5.41) is 9.58. The van der Waals surface area contributed by atoms with Gasteiger partial charge in [0.2, 0.25) is 0 Å². The normalized spacial score (nSPS) is 10.1. The maximum atomic E-state index is 5.19. The molecule has 5 heteroatoms. The van der Waals surface area contributed by atoms with E-state index in [-0.39, 0.29) is 0 Å². The Morgan fingerprint density at radius 1 is 1.44 bits per heavy atom. The van der Waals surface area contributed by atoms with Gasteiger partial charge in [0.25, 0.3) is 0 Å². The number of nitrogens with zero attached hydrogens (tertiary/aromatic N) is 1. The molecule has 0 aliphatic rings. The van der Waals surface area contributed by atoms with Crippen molar-refractivity contribution >= 4 is 33.8 Å². The van der Waals surface area contributed by atoms with Gasteiger partial charge in [-0.15, -0.1) is 11.3 Å². The van der Waals surface area contributed by atoms with Gasteiger partial charge in [-0.1, -0.05) is 29.8 Å². The van der Waals surface area contributed by atoms with Crippen molar-refractivity contribution in [1.29, 1.82) is 0 Å². The Bertz CT molecular complexity index is 509. The van der Waals surface area contributed by atoms with Gasteiger partial charge in [-0.3, -0.25) is 0 Å². The van der Waals surface area contributed by atoms with Crippen LogP contribution in [0.2, 0.25) is 0 Å². The minimum absolute atomic E-state index is 0.623. The van der Waals surface area contributed by atoms with Crippen LogP contribution in [0.1, 0.15) is 11.1 Å². The number of benzene rings is 1. The van der Waals surface area contributed by atoms with E-state index in [1.807, 2.05) is 5.38 Å². The third-order valence-corrected chi connectivity index (χ3v) is 3.37. The van der Waals surface area contributed by atoms with E-state index in [9.17, 15) is 0 Å². The first kappa shape index (κ1) is 13.0. The van der Waals surface area contributed by atoms with Crippen LogP contribution in [0.5, 0.6) is 0 Å². The van der Waals surface area contributed by atoms with Crippen molar-refractivity contribution in [2.45, 2.75) is 13.3 Å². The van der Waals surface area contributed by atoms with E-state index in [1.165, 1.54) is 22.5 Å².